The molecule has 1 amide bonds. The van der Waals surface area contributed by atoms with Gasteiger partial charge in [-0.25, -0.2) is 10.2 Å². The van der Waals surface area contributed by atoms with Crippen molar-refractivity contribution in [1.29, 1.82) is 0 Å². The summed E-state index contributed by atoms with van der Waals surface area (Å²) in [5.41, 5.74) is 2.27. The summed E-state index contributed by atoms with van der Waals surface area (Å²) in [6, 6.07) is 10.3. The smallest absolute Gasteiger partial charge is 0.341 e. The summed E-state index contributed by atoms with van der Waals surface area (Å²) in [5, 5.41) is 23.5. The van der Waals surface area contributed by atoms with Gasteiger partial charge in [0.15, 0.2) is 19.0 Å². The highest BCUT2D eigenvalue weighted by Gasteiger charge is 2.16. The number of carboxylic acids is 1. The Labute approximate surface area is 163 Å². The van der Waals surface area contributed by atoms with E-state index in [9.17, 15) is 19.7 Å². The van der Waals surface area contributed by atoms with E-state index in [2.05, 4.69) is 10.5 Å². The lowest BCUT2D eigenvalue weighted by atomic mass is 10.2. The van der Waals surface area contributed by atoms with Crippen LogP contribution in [0.4, 0.5) is 5.69 Å². The van der Waals surface area contributed by atoms with Gasteiger partial charge in [-0.2, -0.15) is 5.10 Å². The van der Waals surface area contributed by atoms with Crippen molar-refractivity contribution in [3.8, 4) is 11.5 Å². The van der Waals surface area contributed by atoms with Crippen LogP contribution in [0.5, 0.6) is 11.5 Å². The van der Waals surface area contributed by atoms with E-state index in [1.807, 2.05) is 0 Å². The zero-order valence-electron chi connectivity index (χ0n) is 14.2. The molecule has 0 saturated heterocycles. The van der Waals surface area contributed by atoms with E-state index in [4.69, 9.17) is 26.2 Å². The second kappa shape index (κ2) is 9.88. The molecule has 0 atom stereocenters. The summed E-state index contributed by atoms with van der Waals surface area (Å²) in [5.74, 6) is -1.63. The molecule has 0 aromatic heterocycles. The minimum Gasteiger partial charge on any atom is -0.481 e. The van der Waals surface area contributed by atoms with Crippen molar-refractivity contribution < 1.29 is 29.1 Å². The number of carboxylic acid groups (broad SMARTS) is 1. The molecule has 0 radical (unpaired) electrons. The minimum absolute atomic E-state index is 0.110. The molecule has 0 heterocycles. The van der Waals surface area contributed by atoms with Gasteiger partial charge in [0.2, 0.25) is 0 Å². The normalized spacial score (nSPS) is 10.5. The molecule has 2 N–H and O–H groups in total. The number of hydrazone groups is 1. The van der Waals surface area contributed by atoms with Crippen molar-refractivity contribution in [2.75, 3.05) is 13.2 Å². The molecule has 0 bridgehead atoms. The Kier molecular flexibility index (Phi) is 7.28. The van der Waals surface area contributed by atoms with Gasteiger partial charge in [0, 0.05) is 16.7 Å². The van der Waals surface area contributed by atoms with Crippen LogP contribution < -0.4 is 14.9 Å². The van der Waals surface area contributed by atoms with E-state index >= 15 is 0 Å². The number of amides is 1. The Bertz CT molecular complexity index is 917. The van der Waals surface area contributed by atoms with Gasteiger partial charge in [-0.05, 0) is 24.3 Å². The Morgan fingerprint density at radius 3 is 2.61 bits per heavy atom. The van der Waals surface area contributed by atoms with Gasteiger partial charge in [0.1, 0.15) is 5.75 Å². The molecule has 0 aliphatic heterocycles. The monoisotopic (exact) mass is 407 g/mol. The lowest BCUT2D eigenvalue weighted by Crippen LogP contribution is -2.24. The van der Waals surface area contributed by atoms with E-state index in [1.54, 1.807) is 24.3 Å². The maximum absolute atomic E-state index is 11.8. The average Bonchev–Trinajstić information content (AvgIpc) is 2.66. The minimum atomic E-state index is -1.13. The van der Waals surface area contributed by atoms with E-state index in [0.29, 0.717) is 5.56 Å². The number of halogens is 1. The Morgan fingerprint density at radius 1 is 1.18 bits per heavy atom. The van der Waals surface area contributed by atoms with Gasteiger partial charge in [0.25, 0.3) is 5.91 Å². The molecule has 0 unspecified atom stereocenters. The van der Waals surface area contributed by atoms with Gasteiger partial charge in [0.05, 0.1) is 11.1 Å². The van der Waals surface area contributed by atoms with Crippen molar-refractivity contribution in [2.45, 2.75) is 0 Å². The molecule has 2 aromatic rings. The molecule has 0 aliphatic rings. The van der Waals surface area contributed by atoms with Gasteiger partial charge in [-0.3, -0.25) is 14.9 Å². The topological polar surface area (TPSA) is 140 Å². The van der Waals surface area contributed by atoms with Crippen molar-refractivity contribution in [3.05, 3.63) is 63.2 Å². The fraction of sp³-hybridized carbons (Fsp3) is 0.118. The van der Waals surface area contributed by atoms with Crippen LogP contribution in [0.25, 0.3) is 0 Å². The maximum Gasteiger partial charge on any atom is 0.341 e. The molecular weight excluding hydrogens is 394 g/mol. The maximum atomic E-state index is 11.8. The predicted molar refractivity (Wildman–Crippen MR) is 98.9 cm³/mol. The zero-order valence-corrected chi connectivity index (χ0v) is 15.0. The first kappa shape index (κ1) is 20.6. The number of ether oxygens (including phenoxy) is 2. The van der Waals surface area contributed by atoms with Crippen LogP contribution in [-0.4, -0.2) is 41.3 Å². The van der Waals surface area contributed by atoms with Crippen LogP contribution in [-0.2, 0) is 9.59 Å². The number of para-hydroxylation sites is 1. The van der Waals surface area contributed by atoms with E-state index in [0.717, 1.165) is 6.07 Å². The molecule has 0 fully saturated rings. The number of nitrogens with one attached hydrogen (secondary N) is 1. The highest BCUT2D eigenvalue weighted by atomic mass is 35.5. The van der Waals surface area contributed by atoms with Crippen LogP contribution >= 0.6 is 11.6 Å². The number of benzene rings is 2. The highest BCUT2D eigenvalue weighted by molar-refractivity contribution is 6.30. The second-order valence-electron chi connectivity index (χ2n) is 5.17. The number of nitro groups is 1. The number of carbonyl (C=O) groups is 2. The first-order chi connectivity index (χ1) is 13.4. The van der Waals surface area contributed by atoms with Crippen molar-refractivity contribution >= 4 is 35.4 Å². The number of nitro benzene ring substituents is 1. The summed E-state index contributed by atoms with van der Waals surface area (Å²) < 4.78 is 10.2. The summed E-state index contributed by atoms with van der Waals surface area (Å²) >= 11 is 5.70. The fourth-order valence-electron chi connectivity index (χ4n) is 1.96. The number of carbonyl (C=O) groups excluding carboxylic acids is 1. The van der Waals surface area contributed by atoms with Crippen LogP contribution in [0.1, 0.15) is 5.56 Å². The second-order valence-corrected chi connectivity index (χ2v) is 5.61. The van der Waals surface area contributed by atoms with Gasteiger partial charge >= 0.3 is 11.7 Å². The number of hydrogen-bond acceptors (Lipinski definition) is 7. The first-order valence-corrected chi connectivity index (χ1v) is 8.07. The van der Waals surface area contributed by atoms with E-state index in [-0.39, 0.29) is 22.2 Å². The quantitative estimate of drug-likeness (QED) is 0.369. The Hall–Kier alpha value is -3.66. The van der Waals surface area contributed by atoms with Crippen molar-refractivity contribution in [3.63, 3.8) is 0 Å². The molecule has 11 heteroatoms. The largest absolute Gasteiger partial charge is 0.481 e. The Morgan fingerprint density at radius 2 is 1.89 bits per heavy atom. The van der Waals surface area contributed by atoms with Gasteiger partial charge < -0.3 is 14.6 Å². The molecule has 28 heavy (non-hydrogen) atoms. The SMILES string of the molecule is O=C(O)COc1ccccc1C=NNC(=O)COc1ccc(Cl)cc1[N+](=O)[O-]. The third-order valence-corrected chi connectivity index (χ3v) is 3.37. The van der Waals surface area contributed by atoms with Crippen LogP contribution in [0.3, 0.4) is 0 Å². The average molecular weight is 408 g/mol. The first-order valence-electron chi connectivity index (χ1n) is 7.69. The number of hydrogen-bond donors (Lipinski definition) is 2. The lowest BCUT2D eigenvalue weighted by Gasteiger charge is -2.07. The summed E-state index contributed by atoms with van der Waals surface area (Å²) in [4.78, 5) is 32.7. The zero-order chi connectivity index (χ0) is 20.5. The molecule has 2 aromatic carbocycles. The highest BCUT2D eigenvalue weighted by Crippen LogP contribution is 2.29. The molecule has 0 aliphatic carbocycles. The molecule has 146 valence electrons. The van der Waals surface area contributed by atoms with E-state index < -0.39 is 30.0 Å². The number of rotatable bonds is 9. The molecule has 0 saturated carbocycles. The molecule has 0 spiro atoms. The van der Waals surface area contributed by atoms with Gasteiger partial charge in [-0.15, -0.1) is 0 Å². The molecule has 10 nitrogen and oxygen atoms in total. The molecular formula is C17H14ClN3O7. The standard InChI is InChI=1S/C17H14ClN3O7/c18-12-5-6-15(13(7-12)21(25)26)27-9-16(22)20-19-8-11-3-1-2-4-14(11)28-10-17(23)24/h1-8H,9-10H2,(H,20,22)(H,23,24). The van der Waals surface area contributed by atoms with Crippen LogP contribution in [0.15, 0.2) is 47.6 Å². The Balaban J connectivity index is 1.93. The van der Waals surface area contributed by atoms with Crippen LogP contribution in [0.2, 0.25) is 5.02 Å². The van der Waals surface area contributed by atoms with Gasteiger partial charge in [-0.1, -0.05) is 23.7 Å². The van der Waals surface area contributed by atoms with Crippen molar-refractivity contribution in [2.24, 2.45) is 5.10 Å². The third kappa shape index (κ3) is 6.25. The molecule has 2 rings (SSSR count). The van der Waals surface area contributed by atoms with E-state index in [1.165, 1.54) is 18.3 Å². The summed E-state index contributed by atoms with van der Waals surface area (Å²) in [7, 11) is 0. The fourth-order valence-corrected chi connectivity index (χ4v) is 2.13. The number of aliphatic carboxylic acids is 1. The summed E-state index contributed by atoms with van der Waals surface area (Å²) in [6.45, 7) is -1.04. The van der Waals surface area contributed by atoms with Crippen LogP contribution in [0, 0.1) is 10.1 Å². The lowest BCUT2D eigenvalue weighted by molar-refractivity contribution is -0.385. The predicted octanol–water partition coefficient (Wildman–Crippen LogP) is 2.24. The number of nitrogens with zero attached hydrogens (tertiary/aromatic N) is 2. The van der Waals surface area contributed by atoms with Crippen molar-refractivity contribution in [1.82, 2.24) is 5.43 Å². The summed E-state index contributed by atoms with van der Waals surface area (Å²) in [6.07, 6.45) is 1.26. The third-order valence-electron chi connectivity index (χ3n) is 3.14.